The number of aromatic amines is 1. The Morgan fingerprint density at radius 2 is 2.41 bits per heavy atom. The van der Waals surface area contributed by atoms with Gasteiger partial charge in [-0.05, 0) is 25.5 Å². The molecule has 0 fully saturated rings. The number of nitrogens with zero attached hydrogens (tertiary/aromatic N) is 2. The van der Waals surface area contributed by atoms with Gasteiger partial charge in [-0.1, -0.05) is 19.4 Å². The lowest BCUT2D eigenvalue weighted by Crippen LogP contribution is -2.25. The van der Waals surface area contributed by atoms with Crippen molar-refractivity contribution in [1.82, 2.24) is 15.1 Å². The zero-order valence-corrected chi connectivity index (χ0v) is 10.8. The molecule has 2 rings (SSSR count). The standard InChI is InChI=1S/C13H22N4/c1-3-4-7-14-12-9-15-16-13(12)11-6-5-8-17(2)10-11/h6,9,14H,3-5,7-8,10H2,1-2H3,(H,15,16). The van der Waals surface area contributed by atoms with Crippen LogP contribution in [0.3, 0.4) is 0 Å². The van der Waals surface area contributed by atoms with Crippen LogP contribution in [0.4, 0.5) is 5.69 Å². The highest BCUT2D eigenvalue weighted by molar-refractivity contribution is 5.74. The number of hydrogen-bond acceptors (Lipinski definition) is 3. The number of aromatic nitrogens is 2. The lowest BCUT2D eigenvalue weighted by molar-refractivity contribution is 0.372. The van der Waals surface area contributed by atoms with E-state index in [1.54, 1.807) is 0 Å². The summed E-state index contributed by atoms with van der Waals surface area (Å²) >= 11 is 0. The number of rotatable bonds is 5. The second-order valence-electron chi connectivity index (χ2n) is 4.68. The number of unbranched alkanes of at least 4 members (excludes halogenated alkanes) is 1. The van der Waals surface area contributed by atoms with Crippen LogP contribution in [-0.2, 0) is 0 Å². The molecule has 94 valence electrons. The summed E-state index contributed by atoms with van der Waals surface area (Å²) in [5.41, 5.74) is 3.56. The Hall–Kier alpha value is -1.29. The molecule has 0 spiro atoms. The van der Waals surface area contributed by atoms with Crippen molar-refractivity contribution in [3.05, 3.63) is 18.0 Å². The Balaban J connectivity index is 2.05. The Labute approximate surface area is 103 Å². The molecule has 0 radical (unpaired) electrons. The highest BCUT2D eigenvalue weighted by Gasteiger charge is 2.15. The molecule has 1 aromatic rings. The van der Waals surface area contributed by atoms with Crippen LogP contribution in [0.2, 0.25) is 0 Å². The van der Waals surface area contributed by atoms with E-state index in [0.29, 0.717) is 0 Å². The zero-order chi connectivity index (χ0) is 12.1. The minimum atomic E-state index is 0.993. The molecular weight excluding hydrogens is 212 g/mol. The molecule has 0 amide bonds. The van der Waals surface area contributed by atoms with Crippen LogP contribution in [0.1, 0.15) is 31.9 Å². The highest BCUT2D eigenvalue weighted by atomic mass is 15.1. The Bertz CT molecular complexity index is 381. The Morgan fingerprint density at radius 1 is 1.53 bits per heavy atom. The van der Waals surface area contributed by atoms with Crippen molar-refractivity contribution >= 4 is 11.3 Å². The highest BCUT2D eigenvalue weighted by Crippen LogP contribution is 2.24. The molecule has 17 heavy (non-hydrogen) atoms. The first-order valence-corrected chi connectivity index (χ1v) is 6.47. The van der Waals surface area contributed by atoms with Gasteiger partial charge in [0, 0.05) is 25.8 Å². The van der Waals surface area contributed by atoms with Crippen molar-refractivity contribution in [2.75, 3.05) is 32.0 Å². The van der Waals surface area contributed by atoms with Crippen LogP contribution in [-0.4, -0.2) is 41.8 Å². The third kappa shape index (κ3) is 3.09. The first kappa shape index (κ1) is 12.2. The van der Waals surface area contributed by atoms with Crippen molar-refractivity contribution in [3.8, 4) is 0 Å². The summed E-state index contributed by atoms with van der Waals surface area (Å²) in [6.45, 7) is 5.36. The molecule has 0 saturated heterocycles. The number of hydrogen-bond donors (Lipinski definition) is 2. The van der Waals surface area contributed by atoms with E-state index in [9.17, 15) is 0 Å². The fourth-order valence-electron chi connectivity index (χ4n) is 2.13. The summed E-state index contributed by atoms with van der Waals surface area (Å²) in [6.07, 6.45) is 7.80. The molecular formula is C13H22N4. The average Bonchev–Trinajstić information content (AvgIpc) is 2.78. The van der Waals surface area contributed by atoms with Crippen LogP contribution in [0.5, 0.6) is 0 Å². The number of nitrogens with one attached hydrogen (secondary N) is 2. The van der Waals surface area contributed by atoms with Gasteiger partial charge in [0.1, 0.15) is 5.69 Å². The summed E-state index contributed by atoms with van der Waals surface area (Å²) < 4.78 is 0. The van der Waals surface area contributed by atoms with E-state index in [0.717, 1.165) is 37.4 Å². The van der Waals surface area contributed by atoms with Gasteiger partial charge < -0.3 is 10.2 Å². The van der Waals surface area contributed by atoms with Crippen molar-refractivity contribution in [3.63, 3.8) is 0 Å². The fourth-order valence-corrected chi connectivity index (χ4v) is 2.13. The SMILES string of the molecule is CCCCNc1c[nH]nc1C1=CCCN(C)C1. The molecule has 1 aliphatic heterocycles. The third-order valence-corrected chi connectivity index (χ3v) is 3.13. The summed E-state index contributed by atoms with van der Waals surface area (Å²) in [5.74, 6) is 0. The number of H-pyrrole nitrogens is 1. The molecule has 1 aromatic heterocycles. The smallest absolute Gasteiger partial charge is 0.112 e. The quantitative estimate of drug-likeness (QED) is 0.769. The average molecular weight is 234 g/mol. The maximum absolute atomic E-state index is 4.37. The number of likely N-dealkylation sites (N-methyl/N-ethyl adjacent to an activating group) is 1. The summed E-state index contributed by atoms with van der Waals surface area (Å²) in [7, 11) is 2.16. The van der Waals surface area contributed by atoms with E-state index < -0.39 is 0 Å². The predicted octanol–water partition coefficient (Wildman–Crippen LogP) is 2.34. The second-order valence-corrected chi connectivity index (χ2v) is 4.68. The van der Waals surface area contributed by atoms with E-state index in [1.165, 1.54) is 18.4 Å². The molecule has 4 heteroatoms. The molecule has 0 bridgehead atoms. The minimum absolute atomic E-state index is 0.993. The fraction of sp³-hybridized carbons (Fsp3) is 0.615. The van der Waals surface area contributed by atoms with Gasteiger partial charge in [0.15, 0.2) is 0 Å². The van der Waals surface area contributed by atoms with Gasteiger partial charge >= 0.3 is 0 Å². The van der Waals surface area contributed by atoms with E-state index in [2.05, 4.69) is 40.5 Å². The van der Waals surface area contributed by atoms with E-state index >= 15 is 0 Å². The van der Waals surface area contributed by atoms with Crippen molar-refractivity contribution in [1.29, 1.82) is 0 Å². The van der Waals surface area contributed by atoms with Crippen molar-refractivity contribution in [2.45, 2.75) is 26.2 Å². The maximum atomic E-state index is 4.37. The molecule has 4 nitrogen and oxygen atoms in total. The van der Waals surface area contributed by atoms with Gasteiger partial charge in [0.05, 0.1) is 5.69 Å². The molecule has 0 aliphatic carbocycles. The van der Waals surface area contributed by atoms with Gasteiger partial charge in [0.2, 0.25) is 0 Å². The molecule has 0 saturated carbocycles. The largest absolute Gasteiger partial charge is 0.382 e. The normalized spacial score (nSPS) is 16.9. The van der Waals surface area contributed by atoms with Gasteiger partial charge in [-0.3, -0.25) is 5.10 Å². The monoisotopic (exact) mass is 234 g/mol. The molecule has 1 aliphatic rings. The van der Waals surface area contributed by atoms with Crippen molar-refractivity contribution < 1.29 is 0 Å². The van der Waals surface area contributed by atoms with E-state index in [-0.39, 0.29) is 0 Å². The van der Waals surface area contributed by atoms with Crippen LogP contribution < -0.4 is 5.32 Å². The second kappa shape index (κ2) is 5.87. The van der Waals surface area contributed by atoms with E-state index in [1.807, 2.05) is 6.20 Å². The summed E-state index contributed by atoms with van der Waals surface area (Å²) in [4.78, 5) is 2.33. The van der Waals surface area contributed by atoms with Crippen molar-refractivity contribution in [2.24, 2.45) is 0 Å². The Kier molecular flexibility index (Phi) is 4.20. The topological polar surface area (TPSA) is 44.0 Å². The molecule has 0 atom stereocenters. The third-order valence-electron chi connectivity index (χ3n) is 3.13. The molecule has 2 N–H and O–H groups in total. The van der Waals surface area contributed by atoms with Gasteiger partial charge in [-0.25, -0.2) is 0 Å². The lowest BCUT2D eigenvalue weighted by Gasteiger charge is -2.22. The molecule has 0 aromatic carbocycles. The maximum Gasteiger partial charge on any atom is 0.112 e. The molecule has 2 heterocycles. The zero-order valence-electron chi connectivity index (χ0n) is 10.8. The summed E-state index contributed by atoms with van der Waals surface area (Å²) in [6, 6.07) is 0. The van der Waals surface area contributed by atoms with Crippen LogP contribution in [0.15, 0.2) is 12.3 Å². The first-order valence-electron chi connectivity index (χ1n) is 6.47. The van der Waals surface area contributed by atoms with Gasteiger partial charge in [-0.2, -0.15) is 5.10 Å². The number of anilines is 1. The Morgan fingerprint density at radius 3 is 3.18 bits per heavy atom. The van der Waals surface area contributed by atoms with Crippen LogP contribution in [0, 0.1) is 0 Å². The van der Waals surface area contributed by atoms with Crippen LogP contribution >= 0.6 is 0 Å². The van der Waals surface area contributed by atoms with Gasteiger partial charge in [0.25, 0.3) is 0 Å². The first-order chi connectivity index (χ1) is 8.31. The summed E-state index contributed by atoms with van der Waals surface area (Å²) in [5, 5.41) is 10.8. The van der Waals surface area contributed by atoms with Gasteiger partial charge in [-0.15, -0.1) is 0 Å². The van der Waals surface area contributed by atoms with E-state index in [4.69, 9.17) is 0 Å². The predicted molar refractivity (Wildman–Crippen MR) is 72.1 cm³/mol. The molecule has 0 unspecified atom stereocenters. The lowest BCUT2D eigenvalue weighted by atomic mass is 10.1. The minimum Gasteiger partial charge on any atom is -0.382 e. The van der Waals surface area contributed by atoms with Crippen LogP contribution in [0.25, 0.3) is 5.57 Å².